The van der Waals surface area contributed by atoms with Gasteiger partial charge in [0.05, 0.1) is 11.5 Å². The maximum absolute atomic E-state index is 13.6. The summed E-state index contributed by atoms with van der Waals surface area (Å²) in [4.78, 5) is 10.7. The highest BCUT2D eigenvalue weighted by molar-refractivity contribution is 6.34. The van der Waals surface area contributed by atoms with E-state index in [1.54, 1.807) is 0 Å². The number of hydrogen-bond donors (Lipinski definition) is 1. The minimum Gasteiger partial charge on any atom is -0.478 e. The predicted molar refractivity (Wildman–Crippen MR) is 87.7 cm³/mol. The van der Waals surface area contributed by atoms with Crippen molar-refractivity contribution in [3.63, 3.8) is 0 Å². The van der Waals surface area contributed by atoms with E-state index in [4.69, 9.17) is 28.3 Å². The van der Waals surface area contributed by atoms with Gasteiger partial charge >= 0.3 is 12.1 Å². The summed E-state index contributed by atoms with van der Waals surface area (Å²) in [5.74, 6) is -4.51. The molecule has 0 radical (unpaired) electrons. The second-order valence-electron chi connectivity index (χ2n) is 5.13. The molecule has 8 heteroatoms. The molecule has 2 nitrogen and oxygen atoms in total. The van der Waals surface area contributed by atoms with Gasteiger partial charge in [-0.3, -0.25) is 0 Å². The largest absolute Gasteiger partial charge is 0.478 e. The number of benzene rings is 2. The number of carboxylic acid groups (broad SMARTS) is 1. The molecule has 0 spiro atoms. The highest BCUT2D eigenvalue weighted by Crippen LogP contribution is 2.38. The number of allylic oxidation sites excluding steroid dienone is 1. The lowest BCUT2D eigenvalue weighted by Crippen LogP contribution is -2.18. The van der Waals surface area contributed by atoms with Gasteiger partial charge in [0.15, 0.2) is 0 Å². The molecule has 0 aliphatic rings. The van der Waals surface area contributed by atoms with Crippen molar-refractivity contribution in [2.75, 3.05) is 0 Å². The van der Waals surface area contributed by atoms with Crippen molar-refractivity contribution in [3.8, 4) is 0 Å². The number of carbonyl (C=O) groups is 1. The van der Waals surface area contributed by atoms with E-state index in [0.717, 1.165) is 36.4 Å². The van der Waals surface area contributed by atoms with E-state index < -0.39 is 29.4 Å². The maximum Gasteiger partial charge on any atom is 0.399 e. The lowest BCUT2D eigenvalue weighted by Gasteiger charge is -2.18. The Kier molecular flexibility index (Phi) is 5.75. The Balaban J connectivity index is 2.39. The zero-order valence-corrected chi connectivity index (χ0v) is 13.8. The SMILES string of the molecule is O=C(O)c1ccc(C=CC(c2cc(Cl)cc(Cl)c2)C(F)(F)F)cc1F. The van der Waals surface area contributed by atoms with Crippen molar-refractivity contribution in [3.05, 3.63) is 75.0 Å². The smallest absolute Gasteiger partial charge is 0.399 e. The van der Waals surface area contributed by atoms with Gasteiger partial charge in [0.1, 0.15) is 5.82 Å². The van der Waals surface area contributed by atoms with Crippen LogP contribution < -0.4 is 0 Å². The molecule has 0 aliphatic carbocycles. The fourth-order valence-electron chi connectivity index (χ4n) is 2.18. The first-order chi connectivity index (χ1) is 11.6. The molecule has 0 fully saturated rings. The van der Waals surface area contributed by atoms with Crippen LogP contribution in [0, 0.1) is 5.82 Å². The summed E-state index contributed by atoms with van der Waals surface area (Å²) in [6.45, 7) is 0. The van der Waals surface area contributed by atoms with Gasteiger partial charge < -0.3 is 5.11 Å². The van der Waals surface area contributed by atoms with Crippen LogP contribution in [0.15, 0.2) is 42.5 Å². The van der Waals surface area contributed by atoms with Gasteiger partial charge in [-0.2, -0.15) is 13.2 Å². The summed E-state index contributed by atoms with van der Waals surface area (Å²) < 4.78 is 53.6. The average Bonchev–Trinajstić information content (AvgIpc) is 2.44. The molecule has 0 amide bonds. The van der Waals surface area contributed by atoms with E-state index in [2.05, 4.69) is 0 Å². The lowest BCUT2D eigenvalue weighted by molar-refractivity contribution is -0.139. The first-order valence-electron chi connectivity index (χ1n) is 6.81. The summed E-state index contributed by atoms with van der Waals surface area (Å²) in [6, 6.07) is 6.63. The maximum atomic E-state index is 13.6. The second-order valence-corrected chi connectivity index (χ2v) is 6.00. The second kappa shape index (κ2) is 7.45. The summed E-state index contributed by atoms with van der Waals surface area (Å²) >= 11 is 11.5. The van der Waals surface area contributed by atoms with Gasteiger partial charge in [-0.25, -0.2) is 9.18 Å². The van der Waals surface area contributed by atoms with Gasteiger partial charge in [0.2, 0.25) is 0 Å². The molecule has 0 saturated carbocycles. The zero-order chi connectivity index (χ0) is 18.8. The van der Waals surface area contributed by atoms with E-state index in [1.807, 2.05) is 0 Å². The van der Waals surface area contributed by atoms with Crippen LogP contribution in [0.5, 0.6) is 0 Å². The molecular formula is C17H10Cl2F4O2. The van der Waals surface area contributed by atoms with E-state index in [1.165, 1.54) is 12.1 Å². The Morgan fingerprint density at radius 2 is 1.68 bits per heavy atom. The van der Waals surface area contributed by atoms with Crippen molar-refractivity contribution >= 4 is 35.2 Å². The first kappa shape index (κ1) is 19.3. The number of alkyl halides is 3. The van der Waals surface area contributed by atoms with E-state index in [-0.39, 0.29) is 21.2 Å². The Bertz CT molecular complexity index is 812. The third kappa shape index (κ3) is 4.96. The molecule has 1 N–H and O–H groups in total. The van der Waals surface area contributed by atoms with Gasteiger partial charge in [-0.05, 0) is 41.5 Å². The highest BCUT2D eigenvalue weighted by Gasteiger charge is 2.39. The third-order valence-corrected chi connectivity index (χ3v) is 3.74. The average molecular weight is 393 g/mol. The van der Waals surface area contributed by atoms with Gasteiger partial charge in [-0.1, -0.05) is 41.4 Å². The molecule has 132 valence electrons. The monoisotopic (exact) mass is 392 g/mol. The molecule has 0 aromatic heterocycles. The number of aromatic carboxylic acids is 1. The van der Waals surface area contributed by atoms with Crippen LogP contribution in [0.4, 0.5) is 17.6 Å². The van der Waals surface area contributed by atoms with Crippen LogP contribution in [0.25, 0.3) is 6.08 Å². The van der Waals surface area contributed by atoms with Crippen LogP contribution in [0.2, 0.25) is 10.0 Å². The van der Waals surface area contributed by atoms with E-state index in [0.29, 0.717) is 0 Å². The minimum absolute atomic E-state index is 0.0574. The Morgan fingerprint density at radius 3 is 2.16 bits per heavy atom. The van der Waals surface area contributed by atoms with Crippen molar-refractivity contribution < 1.29 is 27.5 Å². The van der Waals surface area contributed by atoms with Crippen LogP contribution in [-0.4, -0.2) is 17.3 Å². The third-order valence-electron chi connectivity index (χ3n) is 3.30. The molecule has 0 aliphatic heterocycles. The molecule has 2 aromatic rings. The van der Waals surface area contributed by atoms with Crippen LogP contribution in [-0.2, 0) is 0 Å². The quantitative estimate of drug-likeness (QED) is 0.629. The van der Waals surface area contributed by atoms with E-state index in [9.17, 15) is 22.4 Å². The molecule has 1 atom stereocenters. The van der Waals surface area contributed by atoms with Crippen molar-refractivity contribution in [2.24, 2.45) is 0 Å². The highest BCUT2D eigenvalue weighted by atomic mass is 35.5. The molecule has 2 rings (SSSR count). The lowest BCUT2D eigenvalue weighted by atomic mass is 9.97. The molecule has 25 heavy (non-hydrogen) atoms. The molecular weight excluding hydrogens is 383 g/mol. The predicted octanol–water partition coefficient (Wildman–Crippen LogP) is 6.19. The first-order valence-corrected chi connectivity index (χ1v) is 7.57. The molecule has 2 aromatic carbocycles. The van der Waals surface area contributed by atoms with Gasteiger partial charge in [-0.15, -0.1) is 0 Å². The van der Waals surface area contributed by atoms with Crippen LogP contribution in [0.1, 0.15) is 27.4 Å². The number of carboxylic acids is 1. The fourth-order valence-corrected chi connectivity index (χ4v) is 2.72. The van der Waals surface area contributed by atoms with Gasteiger partial charge in [0, 0.05) is 10.0 Å². The van der Waals surface area contributed by atoms with E-state index >= 15 is 0 Å². The van der Waals surface area contributed by atoms with Gasteiger partial charge in [0.25, 0.3) is 0 Å². The Morgan fingerprint density at radius 1 is 1.08 bits per heavy atom. The number of rotatable bonds is 4. The standard InChI is InChI=1S/C17H10Cl2F4O2/c18-11-6-10(7-12(19)8-11)14(17(21,22)23)4-2-9-1-3-13(16(24)25)15(20)5-9/h1-8,14H,(H,24,25). The zero-order valence-electron chi connectivity index (χ0n) is 12.3. The topological polar surface area (TPSA) is 37.3 Å². The van der Waals surface area contributed by atoms with Crippen molar-refractivity contribution in [1.29, 1.82) is 0 Å². The van der Waals surface area contributed by atoms with Crippen molar-refractivity contribution in [1.82, 2.24) is 0 Å². The van der Waals surface area contributed by atoms with Crippen LogP contribution >= 0.6 is 23.2 Å². The summed E-state index contributed by atoms with van der Waals surface area (Å²) in [5.41, 5.74) is -0.639. The molecule has 1 unspecified atom stereocenters. The number of halogens is 6. The minimum atomic E-state index is -4.62. The Labute approximate surface area is 150 Å². The normalized spacial score (nSPS) is 13.2. The summed E-state index contributed by atoms with van der Waals surface area (Å²) in [6.07, 6.45) is -2.73. The molecule has 0 bridgehead atoms. The molecule has 0 heterocycles. The molecule has 0 saturated heterocycles. The van der Waals surface area contributed by atoms with Crippen LogP contribution in [0.3, 0.4) is 0 Å². The summed E-state index contributed by atoms with van der Waals surface area (Å²) in [5, 5.41) is 8.87. The van der Waals surface area contributed by atoms with Crippen molar-refractivity contribution in [2.45, 2.75) is 12.1 Å². The summed E-state index contributed by atoms with van der Waals surface area (Å²) in [7, 11) is 0. The number of hydrogen-bond acceptors (Lipinski definition) is 1. The Hall–Kier alpha value is -2.05. The fraction of sp³-hybridized carbons (Fsp3) is 0.118.